The standard InChI is InChI=1S/C6H3BrFN3O2S/c7-5-3-4(8)1-2-6(5)14(12,13)11-10-9/h1-3H. The average Bonchev–Trinajstić information content (AvgIpc) is 2.02. The quantitative estimate of drug-likeness (QED) is 0.474. The van der Waals surface area contributed by atoms with Gasteiger partial charge in [-0.05, 0) is 39.7 Å². The van der Waals surface area contributed by atoms with Crippen LogP contribution in [0.2, 0.25) is 0 Å². The van der Waals surface area contributed by atoms with Gasteiger partial charge in [-0.15, -0.1) is 0 Å². The molecule has 0 aromatic heterocycles. The molecule has 0 aliphatic heterocycles. The van der Waals surface area contributed by atoms with Crippen LogP contribution in [0, 0.1) is 5.82 Å². The van der Waals surface area contributed by atoms with Gasteiger partial charge in [-0.3, -0.25) is 0 Å². The molecule has 0 bridgehead atoms. The minimum Gasteiger partial charge on any atom is -0.216 e. The van der Waals surface area contributed by atoms with E-state index in [9.17, 15) is 12.8 Å². The molecule has 0 radical (unpaired) electrons. The van der Waals surface area contributed by atoms with E-state index in [-0.39, 0.29) is 9.37 Å². The molecular formula is C6H3BrFN3O2S. The first-order valence-corrected chi connectivity index (χ1v) is 5.47. The molecule has 0 fully saturated rings. The second kappa shape index (κ2) is 3.95. The Morgan fingerprint density at radius 3 is 2.64 bits per heavy atom. The Morgan fingerprint density at radius 2 is 2.14 bits per heavy atom. The van der Waals surface area contributed by atoms with Crippen molar-refractivity contribution in [1.29, 1.82) is 0 Å². The second-order valence-corrected chi connectivity index (χ2v) is 4.63. The van der Waals surface area contributed by atoms with Crippen LogP contribution >= 0.6 is 15.9 Å². The van der Waals surface area contributed by atoms with Crippen LogP contribution < -0.4 is 0 Å². The van der Waals surface area contributed by atoms with E-state index >= 15 is 0 Å². The minimum atomic E-state index is -4.06. The molecule has 14 heavy (non-hydrogen) atoms. The molecule has 0 amide bonds. The fraction of sp³-hybridized carbons (Fsp3) is 0. The molecule has 74 valence electrons. The van der Waals surface area contributed by atoms with Crippen LogP contribution in [0.5, 0.6) is 0 Å². The van der Waals surface area contributed by atoms with Gasteiger partial charge in [0.1, 0.15) is 5.82 Å². The number of benzene rings is 1. The first-order chi connectivity index (χ1) is 6.47. The van der Waals surface area contributed by atoms with E-state index in [1.807, 2.05) is 0 Å². The Bertz CT molecular complexity index is 510. The lowest BCUT2D eigenvalue weighted by Crippen LogP contribution is -1.96. The third-order valence-electron chi connectivity index (χ3n) is 1.32. The van der Waals surface area contributed by atoms with Gasteiger partial charge < -0.3 is 0 Å². The molecule has 0 N–H and O–H groups in total. The fourth-order valence-corrected chi connectivity index (χ4v) is 2.47. The van der Waals surface area contributed by atoms with Crippen molar-refractivity contribution in [2.75, 3.05) is 0 Å². The summed E-state index contributed by atoms with van der Waals surface area (Å²) in [4.78, 5) is 1.90. The number of nitrogens with zero attached hydrogens (tertiary/aromatic N) is 3. The zero-order chi connectivity index (χ0) is 10.8. The Morgan fingerprint density at radius 1 is 1.50 bits per heavy atom. The lowest BCUT2D eigenvalue weighted by molar-refractivity contribution is 0.595. The maximum atomic E-state index is 12.6. The largest absolute Gasteiger partial charge is 0.265 e. The molecule has 1 aromatic rings. The van der Waals surface area contributed by atoms with Crippen molar-refractivity contribution in [1.82, 2.24) is 0 Å². The van der Waals surface area contributed by atoms with Gasteiger partial charge in [0.15, 0.2) is 0 Å². The topological polar surface area (TPSA) is 82.9 Å². The summed E-state index contributed by atoms with van der Waals surface area (Å²) in [6.07, 6.45) is 0. The van der Waals surface area contributed by atoms with Crippen molar-refractivity contribution >= 4 is 26.0 Å². The molecule has 1 aromatic carbocycles. The number of rotatable bonds is 2. The predicted molar refractivity (Wildman–Crippen MR) is 50.4 cm³/mol. The lowest BCUT2D eigenvalue weighted by atomic mass is 10.3. The van der Waals surface area contributed by atoms with Crippen LogP contribution in [0.4, 0.5) is 4.39 Å². The van der Waals surface area contributed by atoms with Crippen molar-refractivity contribution in [2.45, 2.75) is 4.90 Å². The molecule has 0 saturated heterocycles. The molecule has 0 aliphatic carbocycles. The third-order valence-corrected chi connectivity index (χ3v) is 3.43. The van der Waals surface area contributed by atoms with E-state index in [2.05, 4.69) is 25.4 Å². The Balaban J connectivity index is 3.41. The molecule has 0 atom stereocenters. The Labute approximate surface area is 87.4 Å². The van der Waals surface area contributed by atoms with E-state index in [0.29, 0.717) is 0 Å². The normalized spacial score (nSPS) is 10.7. The molecule has 8 heteroatoms. The first-order valence-electron chi connectivity index (χ1n) is 3.24. The van der Waals surface area contributed by atoms with Crippen LogP contribution in [0.15, 0.2) is 32.1 Å². The highest BCUT2D eigenvalue weighted by Crippen LogP contribution is 2.24. The summed E-state index contributed by atoms with van der Waals surface area (Å²) in [6, 6.07) is 2.95. The van der Waals surface area contributed by atoms with Crippen molar-refractivity contribution in [3.05, 3.63) is 38.9 Å². The highest BCUT2D eigenvalue weighted by molar-refractivity contribution is 9.10. The van der Waals surface area contributed by atoms with Gasteiger partial charge in [-0.1, -0.05) is 0 Å². The van der Waals surface area contributed by atoms with Crippen LogP contribution in [0.3, 0.4) is 0 Å². The van der Waals surface area contributed by atoms with Gasteiger partial charge >= 0.3 is 0 Å². The van der Waals surface area contributed by atoms with Crippen LogP contribution in [-0.4, -0.2) is 8.42 Å². The zero-order valence-corrected chi connectivity index (χ0v) is 8.96. The van der Waals surface area contributed by atoms with Gasteiger partial charge in [0.2, 0.25) is 0 Å². The van der Waals surface area contributed by atoms with E-state index in [0.717, 1.165) is 18.2 Å². The van der Waals surface area contributed by atoms with Crippen LogP contribution in [-0.2, 0) is 10.0 Å². The maximum Gasteiger partial charge on any atom is 0.265 e. The van der Waals surface area contributed by atoms with E-state index < -0.39 is 15.8 Å². The van der Waals surface area contributed by atoms with Crippen molar-refractivity contribution < 1.29 is 12.8 Å². The molecule has 5 nitrogen and oxygen atoms in total. The summed E-state index contributed by atoms with van der Waals surface area (Å²) in [5.74, 6) is -0.586. The molecule has 0 unspecified atom stereocenters. The smallest absolute Gasteiger partial charge is 0.216 e. The molecule has 1 rings (SSSR count). The van der Waals surface area contributed by atoms with Gasteiger partial charge in [0.05, 0.1) is 4.90 Å². The summed E-state index contributed by atoms with van der Waals surface area (Å²) in [7, 11) is -4.06. The minimum absolute atomic E-state index is 0.0184. The number of halogens is 2. The molecular weight excluding hydrogens is 277 g/mol. The van der Waals surface area contributed by atoms with Gasteiger partial charge in [0.25, 0.3) is 10.0 Å². The number of hydrogen-bond acceptors (Lipinski definition) is 2. The highest BCUT2D eigenvalue weighted by Gasteiger charge is 2.15. The molecule has 0 heterocycles. The third kappa shape index (κ3) is 2.22. The summed E-state index contributed by atoms with van der Waals surface area (Å²) >= 11 is 2.85. The second-order valence-electron chi connectivity index (χ2n) is 2.22. The lowest BCUT2D eigenvalue weighted by Gasteiger charge is -1.99. The zero-order valence-electron chi connectivity index (χ0n) is 6.55. The van der Waals surface area contributed by atoms with Gasteiger partial charge in [-0.25, -0.2) is 12.8 Å². The van der Waals surface area contributed by atoms with E-state index in [4.69, 9.17) is 5.53 Å². The average molecular weight is 280 g/mol. The monoisotopic (exact) mass is 279 g/mol. The van der Waals surface area contributed by atoms with Gasteiger partial charge in [0, 0.05) is 13.9 Å². The van der Waals surface area contributed by atoms with Crippen molar-refractivity contribution in [2.24, 2.45) is 4.52 Å². The summed E-state index contributed by atoms with van der Waals surface area (Å²) in [6.45, 7) is 0. The van der Waals surface area contributed by atoms with E-state index in [1.165, 1.54) is 0 Å². The summed E-state index contributed by atoms with van der Waals surface area (Å²) in [5, 5.41) is 0. The highest BCUT2D eigenvalue weighted by atomic mass is 79.9. The Hall–Kier alpha value is -1.11. The summed E-state index contributed by atoms with van der Waals surface area (Å²) < 4.78 is 37.6. The van der Waals surface area contributed by atoms with Crippen LogP contribution in [0.1, 0.15) is 0 Å². The molecule has 0 aliphatic rings. The summed E-state index contributed by atoms with van der Waals surface area (Å²) in [5.41, 5.74) is 8.00. The Kier molecular flexibility index (Phi) is 3.10. The predicted octanol–water partition coefficient (Wildman–Crippen LogP) is 2.59. The number of sulfonamides is 1. The fourth-order valence-electron chi connectivity index (χ4n) is 0.776. The SMILES string of the molecule is [N-]=[N+]=NS(=O)(=O)c1ccc(F)cc1Br. The van der Waals surface area contributed by atoms with Gasteiger partial charge in [-0.2, -0.15) is 0 Å². The van der Waals surface area contributed by atoms with Crippen molar-refractivity contribution in [3.8, 4) is 0 Å². The van der Waals surface area contributed by atoms with Crippen LogP contribution in [0.25, 0.3) is 10.4 Å². The number of hydrogen-bond donors (Lipinski definition) is 0. The number of azide groups is 1. The first kappa shape index (κ1) is 11.0. The molecule has 0 saturated carbocycles. The maximum absolute atomic E-state index is 12.6. The van der Waals surface area contributed by atoms with E-state index in [1.54, 1.807) is 0 Å². The molecule has 0 spiro atoms. The van der Waals surface area contributed by atoms with Crippen molar-refractivity contribution in [3.63, 3.8) is 0 Å².